The van der Waals surface area contributed by atoms with Gasteiger partial charge in [0.2, 0.25) is 0 Å². The number of rotatable bonds is 5. The second-order valence-electron chi connectivity index (χ2n) is 4.83. The molecule has 0 aromatic heterocycles. The van der Waals surface area contributed by atoms with Crippen LogP contribution in [0.25, 0.3) is 0 Å². The van der Waals surface area contributed by atoms with Gasteiger partial charge in [-0.05, 0) is 36.8 Å². The van der Waals surface area contributed by atoms with Crippen molar-refractivity contribution in [3.8, 4) is 5.75 Å². The Hall–Kier alpha value is -1.85. The standard InChI is InChI=1S/C16H13Cl2F2NO2/c1-9(10-2-5-14(19)15(20)6-10)21-16(22)8-23-11-3-4-12(17)13(18)7-11/h2-7,9H,8H2,1H3,(H,21,22). The minimum absolute atomic E-state index is 0.244. The van der Waals surface area contributed by atoms with Crippen molar-refractivity contribution in [2.75, 3.05) is 6.61 Å². The van der Waals surface area contributed by atoms with Crippen molar-refractivity contribution in [1.29, 1.82) is 0 Å². The van der Waals surface area contributed by atoms with Crippen LogP contribution in [0, 0.1) is 11.6 Å². The van der Waals surface area contributed by atoms with Crippen molar-refractivity contribution < 1.29 is 18.3 Å². The molecule has 122 valence electrons. The van der Waals surface area contributed by atoms with Crippen molar-refractivity contribution in [2.24, 2.45) is 0 Å². The van der Waals surface area contributed by atoms with Gasteiger partial charge in [0.15, 0.2) is 18.2 Å². The van der Waals surface area contributed by atoms with Crippen LogP contribution in [-0.4, -0.2) is 12.5 Å². The van der Waals surface area contributed by atoms with Gasteiger partial charge in [0.25, 0.3) is 5.91 Å². The van der Waals surface area contributed by atoms with Gasteiger partial charge >= 0.3 is 0 Å². The molecule has 0 aliphatic heterocycles. The van der Waals surface area contributed by atoms with Crippen molar-refractivity contribution in [2.45, 2.75) is 13.0 Å². The molecule has 2 aromatic rings. The molecule has 1 unspecified atom stereocenters. The van der Waals surface area contributed by atoms with E-state index in [0.717, 1.165) is 12.1 Å². The Morgan fingerprint density at radius 2 is 1.87 bits per heavy atom. The number of carbonyl (C=O) groups is 1. The van der Waals surface area contributed by atoms with E-state index in [-0.39, 0.29) is 6.61 Å². The second-order valence-corrected chi connectivity index (χ2v) is 5.64. The summed E-state index contributed by atoms with van der Waals surface area (Å²) in [5.74, 6) is -1.91. The molecule has 1 amide bonds. The molecule has 3 nitrogen and oxygen atoms in total. The maximum Gasteiger partial charge on any atom is 0.258 e. The van der Waals surface area contributed by atoms with Gasteiger partial charge < -0.3 is 10.1 Å². The highest BCUT2D eigenvalue weighted by Crippen LogP contribution is 2.26. The number of hydrogen-bond acceptors (Lipinski definition) is 2. The SMILES string of the molecule is CC(NC(=O)COc1ccc(Cl)c(Cl)c1)c1ccc(F)c(F)c1. The van der Waals surface area contributed by atoms with Crippen LogP contribution in [0.5, 0.6) is 5.75 Å². The molecule has 1 N–H and O–H groups in total. The zero-order valence-corrected chi connectivity index (χ0v) is 13.6. The number of amides is 1. The van der Waals surface area contributed by atoms with Gasteiger partial charge in [-0.25, -0.2) is 8.78 Å². The van der Waals surface area contributed by atoms with E-state index in [0.29, 0.717) is 21.4 Å². The topological polar surface area (TPSA) is 38.3 Å². The average Bonchev–Trinajstić information content (AvgIpc) is 2.51. The number of hydrogen-bond donors (Lipinski definition) is 1. The summed E-state index contributed by atoms with van der Waals surface area (Å²) in [6.45, 7) is 1.41. The Kier molecular flexibility index (Phi) is 5.80. The minimum atomic E-state index is -0.962. The molecule has 2 rings (SSSR count). The third-order valence-corrected chi connectivity index (χ3v) is 3.82. The lowest BCUT2D eigenvalue weighted by atomic mass is 10.1. The monoisotopic (exact) mass is 359 g/mol. The van der Waals surface area contributed by atoms with E-state index in [1.54, 1.807) is 19.1 Å². The van der Waals surface area contributed by atoms with Gasteiger partial charge in [-0.3, -0.25) is 4.79 Å². The molecule has 0 saturated heterocycles. The van der Waals surface area contributed by atoms with Gasteiger partial charge in [0.1, 0.15) is 5.75 Å². The van der Waals surface area contributed by atoms with E-state index in [1.165, 1.54) is 12.1 Å². The van der Waals surface area contributed by atoms with Gasteiger partial charge in [-0.15, -0.1) is 0 Å². The van der Waals surface area contributed by atoms with Crippen LogP contribution in [0.4, 0.5) is 8.78 Å². The summed E-state index contributed by atoms with van der Waals surface area (Å²) < 4.78 is 31.4. The molecular weight excluding hydrogens is 347 g/mol. The summed E-state index contributed by atoms with van der Waals surface area (Å²) in [5.41, 5.74) is 0.451. The molecule has 23 heavy (non-hydrogen) atoms. The molecule has 2 aromatic carbocycles. The number of nitrogens with one attached hydrogen (secondary N) is 1. The Bertz CT molecular complexity index is 725. The van der Waals surface area contributed by atoms with Crippen LogP contribution in [0.1, 0.15) is 18.5 Å². The van der Waals surface area contributed by atoms with Crippen LogP contribution in [-0.2, 0) is 4.79 Å². The number of benzene rings is 2. The summed E-state index contributed by atoms with van der Waals surface area (Å²) in [6, 6.07) is 7.61. The lowest BCUT2D eigenvalue weighted by Gasteiger charge is -2.15. The number of ether oxygens (including phenoxy) is 1. The highest BCUT2D eigenvalue weighted by Gasteiger charge is 2.12. The van der Waals surface area contributed by atoms with E-state index in [2.05, 4.69) is 5.32 Å². The Morgan fingerprint density at radius 3 is 2.52 bits per heavy atom. The molecule has 7 heteroatoms. The molecular formula is C16H13Cl2F2NO2. The predicted octanol–water partition coefficient (Wildman–Crippen LogP) is 4.53. The Labute approximate surface area is 142 Å². The van der Waals surface area contributed by atoms with Crippen molar-refractivity contribution in [3.05, 3.63) is 63.6 Å². The molecule has 0 spiro atoms. The van der Waals surface area contributed by atoms with E-state index in [1.807, 2.05) is 0 Å². The van der Waals surface area contributed by atoms with Gasteiger partial charge in [0.05, 0.1) is 16.1 Å². The number of halogens is 4. The molecule has 1 atom stereocenters. The summed E-state index contributed by atoms with van der Waals surface area (Å²) in [6.07, 6.45) is 0. The first kappa shape index (κ1) is 17.5. The van der Waals surface area contributed by atoms with E-state index < -0.39 is 23.6 Å². The second kappa shape index (κ2) is 7.62. The van der Waals surface area contributed by atoms with Crippen molar-refractivity contribution in [1.82, 2.24) is 5.32 Å². The molecule has 0 aliphatic rings. The summed E-state index contributed by atoms with van der Waals surface area (Å²) in [7, 11) is 0. The first-order valence-electron chi connectivity index (χ1n) is 6.69. The zero-order valence-electron chi connectivity index (χ0n) is 12.1. The average molecular weight is 360 g/mol. The zero-order chi connectivity index (χ0) is 17.0. The third-order valence-electron chi connectivity index (χ3n) is 3.08. The predicted molar refractivity (Wildman–Crippen MR) is 84.9 cm³/mol. The molecule has 0 bridgehead atoms. The Balaban J connectivity index is 1.90. The highest BCUT2D eigenvalue weighted by molar-refractivity contribution is 6.42. The summed E-state index contributed by atoms with van der Waals surface area (Å²) in [5, 5.41) is 3.33. The lowest BCUT2D eigenvalue weighted by Crippen LogP contribution is -2.31. The van der Waals surface area contributed by atoms with Crippen LogP contribution < -0.4 is 10.1 Å². The summed E-state index contributed by atoms with van der Waals surface area (Å²) in [4.78, 5) is 11.8. The molecule has 0 fully saturated rings. The first-order chi connectivity index (χ1) is 10.9. The maximum absolute atomic E-state index is 13.2. The van der Waals surface area contributed by atoms with Crippen molar-refractivity contribution >= 4 is 29.1 Å². The van der Waals surface area contributed by atoms with Crippen LogP contribution in [0.2, 0.25) is 10.0 Å². The fourth-order valence-electron chi connectivity index (χ4n) is 1.86. The molecule has 0 aliphatic carbocycles. The van der Waals surface area contributed by atoms with Crippen LogP contribution >= 0.6 is 23.2 Å². The quantitative estimate of drug-likeness (QED) is 0.851. The first-order valence-corrected chi connectivity index (χ1v) is 7.44. The van der Waals surface area contributed by atoms with E-state index >= 15 is 0 Å². The molecule has 0 saturated carbocycles. The maximum atomic E-state index is 13.2. The van der Waals surface area contributed by atoms with E-state index in [9.17, 15) is 13.6 Å². The third kappa shape index (κ3) is 4.81. The lowest BCUT2D eigenvalue weighted by molar-refractivity contribution is -0.123. The smallest absolute Gasteiger partial charge is 0.258 e. The van der Waals surface area contributed by atoms with Crippen LogP contribution in [0.3, 0.4) is 0 Å². The molecule has 0 radical (unpaired) electrons. The van der Waals surface area contributed by atoms with Crippen LogP contribution in [0.15, 0.2) is 36.4 Å². The van der Waals surface area contributed by atoms with Gasteiger partial charge in [0, 0.05) is 6.07 Å². The van der Waals surface area contributed by atoms with Gasteiger partial charge in [-0.2, -0.15) is 0 Å². The highest BCUT2D eigenvalue weighted by atomic mass is 35.5. The fourth-order valence-corrected chi connectivity index (χ4v) is 2.15. The van der Waals surface area contributed by atoms with Crippen molar-refractivity contribution in [3.63, 3.8) is 0 Å². The van der Waals surface area contributed by atoms with E-state index in [4.69, 9.17) is 27.9 Å². The largest absolute Gasteiger partial charge is 0.484 e. The normalized spacial score (nSPS) is 11.9. The Morgan fingerprint density at radius 1 is 1.13 bits per heavy atom. The summed E-state index contributed by atoms with van der Waals surface area (Å²) >= 11 is 11.6. The van der Waals surface area contributed by atoms with Gasteiger partial charge in [-0.1, -0.05) is 29.3 Å². The minimum Gasteiger partial charge on any atom is -0.484 e. The fraction of sp³-hybridized carbons (Fsp3) is 0.188. The number of carbonyl (C=O) groups excluding carboxylic acids is 1. The molecule has 0 heterocycles.